The van der Waals surface area contributed by atoms with Crippen molar-refractivity contribution in [3.63, 3.8) is 0 Å². The van der Waals surface area contributed by atoms with Crippen LogP contribution in [0.4, 0.5) is 4.79 Å². The van der Waals surface area contributed by atoms with Gasteiger partial charge < -0.3 is 20.1 Å². The SMILES string of the molecule is CC(C)CN1C=C2CC(=O)C(CC(=O)O)C=C2C(c2ccccc2)=C1CNC(=O)OC(C)(C)C. The molecule has 0 radical (unpaired) electrons. The van der Waals surface area contributed by atoms with Crippen molar-refractivity contribution in [1.82, 2.24) is 10.2 Å². The molecule has 0 saturated heterocycles. The van der Waals surface area contributed by atoms with Crippen LogP contribution >= 0.6 is 0 Å². The molecule has 1 aromatic carbocycles. The number of carboxylic acids is 1. The summed E-state index contributed by atoms with van der Waals surface area (Å²) in [7, 11) is 0. The third-order valence-corrected chi connectivity index (χ3v) is 5.53. The molecule has 1 aliphatic heterocycles. The molecule has 182 valence electrons. The molecule has 1 heterocycles. The summed E-state index contributed by atoms with van der Waals surface area (Å²) in [4.78, 5) is 38.7. The second kappa shape index (κ2) is 10.3. The van der Waals surface area contributed by atoms with Gasteiger partial charge in [0.05, 0.1) is 13.0 Å². The third kappa shape index (κ3) is 6.37. The minimum atomic E-state index is -1.00. The van der Waals surface area contributed by atoms with Gasteiger partial charge in [0.25, 0.3) is 0 Å². The average molecular weight is 467 g/mol. The Bertz CT molecular complexity index is 1040. The molecule has 0 aromatic heterocycles. The molecule has 1 aromatic rings. The monoisotopic (exact) mass is 466 g/mol. The summed E-state index contributed by atoms with van der Waals surface area (Å²) in [6.07, 6.45) is 3.19. The number of carbonyl (C=O) groups is 3. The molecule has 0 bridgehead atoms. The Hall–Kier alpha value is -3.35. The molecule has 1 aliphatic carbocycles. The highest BCUT2D eigenvalue weighted by Crippen LogP contribution is 2.42. The Balaban J connectivity index is 2.11. The fraction of sp³-hybridized carbons (Fsp3) is 0.444. The lowest BCUT2D eigenvalue weighted by molar-refractivity contribution is -0.139. The molecule has 1 atom stereocenters. The van der Waals surface area contributed by atoms with E-state index < -0.39 is 23.6 Å². The number of hydrogen-bond donors (Lipinski definition) is 2. The molecular weight excluding hydrogens is 432 g/mol. The van der Waals surface area contributed by atoms with Gasteiger partial charge in [0.15, 0.2) is 0 Å². The van der Waals surface area contributed by atoms with Crippen molar-refractivity contribution >= 4 is 23.4 Å². The van der Waals surface area contributed by atoms with Crippen LogP contribution in [0.25, 0.3) is 5.57 Å². The zero-order valence-corrected chi connectivity index (χ0v) is 20.6. The summed E-state index contributed by atoms with van der Waals surface area (Å²) in [5.41, 5.74) is 3.83. The van der Waals surface area contributed by atoms with Crippen molar-refractivity contribution in [2.24, 2.45) is 11.8 Å². The maximum Gasteiger partial charge on any atom is 0.407 e. The minimum Gasteiger partial charge on any atom is -0.481 e. The first kappa shape index (κ1) is 25.3. The standard InChI is InChI=1S/C27H34N2O5/c1-17(2)15-29-16-20-12-23(30)19(13-24(31)32)11-21(20)25(18-9-7-6-8-10-18)22(29)14-28-26(33)34-27(3,4)5/h6-11,16-17,19H,12-15H2,1-5H3,(H,28,33)(H,31,32). The van der Waals surface area contributed by atoms with Gasteiger partial charge in [-0.15, -0.1) is 0 Å². The maximum atomic E-state index is 12.7. The number of aliphatic carboxylic acids is 1. The lowest BCUT2D eigenvalue weighted by Gasteiger charge is -2.37. The summed E-state index contributed by atoms with van der Waals surface area (Å²) in [5.74, 6) is -1.45. The van der Waals surface area contributed by atoms with Gasteiger partial charge >= 0.3 is 12.1 Å². The van der Waals surface area contributed by atoms with E-state index >= 15 is 0 Å². The minimum absolute atomic E-state index is 0.0929. The molecule has 34 heavy (non-hydrogen) atoms. The number of amides is 1. The van der Waals surface area contributed by atoms with E-state index in [9.17, 15) is 19.5 Å². The molecule has 0 spiro atoms. The van der Waals surface area contributed by atoms with Gasteiger partial charge in [-0.1, -0.05) is 50.3 Å². The fourth-order valence-electron chi connectivity index (χ4n) is 4.24. The number of nitrogens with one attached hydrogen (secondary N) is 1. The number of allylic oxidation sites excluding steroid dienone is 4. The summed E-state index contributed by atoms with van der Waals surface area (Å²) in [6.45, 7) is 10.6. The normalized spacial score (nSPS) is 18.4. The second-order valence-electron chi connectivity index (χ2n) is 10.2. The largest absolute Gasteiger partial charge is 0.481 e. The lowest BCUT2D eigenvalue weighted by atomic mass is 9.77. The first-order valence-corrected chi connectivity index (χ1v) is 11.6. The zero-order chi connectivity index (χ0) is 25.0. The molecule has 7 nitrogen and oxygen atoms in total. The predicted octanol–water partition coefficient (Wildman–Crippen LogP) is 4.77. The molecule has 2 N–H and O–H groups in total. The van der Waals surface area contributed by atoms with Crippen molar-refractivity contribution in [2.75, 3.05) is 13.1 Å². The van der Waals surface area contributed by atoms with Crippen LogP contribution in [0.3, 0.4) is 0 Å². The van der Waals surface area contributed by atoms with Gasteiger partial charge in [-0.25, -0.2) is 4.79 Å². The van der Waals surface area contributed by atoms with Crippen molar-refractivity contribution in [1.29, 1.82) is 0 Å². The van der Waals surface area contributed by atoms with Crippen molar-refractivity contribution in [3.8, 4) is 0 Å². The van der Waals surface area contributed by atoms with Crippen LogP contribution in [-0.2, 0) is 14.3 Å². The van der Waals surface area contributed by atoms with E-state index in [2.05, 4.69) is 24.1 Å². The first-order valence-electron chi connectivity index (χ1n) is 11.6. The van der Waals surface area contributed by atoms with E-state index in [-0.39, 0.29) is 25.2 Å². The Labute approximate surface area is 201 Å². The highest BCUT2D eigenvalue weighted by atomic mass is 16.6. The Morgan fingerprint density at radius 3 is 2.47 bits per heavy atom. The van der Waals surface area contributed by atoms with Gasteiger partial charge in [0.1, 0.15) is 11.4 Å². The number of Topliss-reactive ketones (excluding diaryl/α,β-unsaturated/α-hetero) is 1. The zero-order valence-electron chi connectivity index (χ0n) is 20.6. The summed E-state index contributed by atoms with van der Waals surface area (Å²) in [5, 5.41) is 12.2. The first-order chi connectivity index (χ1) is 15.9. The Morgan fingerprint density at radius 2 is 1.88 bits per heavy atom. The predicted molar refractivity (Wildman–Crippen MR) is 131 cm³/mol. The number of carboxylic acid groups (broad SMARTS) is 1. The number of alkyl carbamates (subject to hydrolysis) is 1. The molecule has 0 saturated carbocycles. The Morgan fingerprint density at radius 1 is 1.21 bits per heavy atom. The number of ketones is 1. The van der Waals surface area contributed by atoms with Crippen LogP contribution in [0.15, 0.2) is 59.5 Å². The number of carbonyl (C=O) groups excluding carboxylic acids is 2. The third-order valence-electron chi connectivity index (χ3n) is 5.53. The van der Waals surface area contributed by atoms with E-state index in [0.717, 1.165) is 28.0 Å². The topological polar surface area (TPSA) is 95.9 Å². The molecule has 3 rings (SSSR count). The molecule has 7 heteroatoms. The van der Waals surface area contributed by atoms with Gasteiger partial charge in [-0.05, 0) is 43.4 Å². The number of ether oxygens (including phenoxy) is 1. The summed E-state index contributed by atoms with van der Waals surface area (Å²) in [6, 6.07) is 9.79. The smallest absolute Gasteiger partial charge is 0.407 e. The molecular formula is C27H34N2O5. The van der Waals surface area contributed by atoms with E-state index in [1.54, 1.807) is 6.08 Å². The second-order valence-corrected chi connectivity index (χ2v) is 10.2. The molecule has 1 amide bonds. The molecule has 1 unspecified atom stereocenters. The van der Waals surface area contributed by atoms with Gasteiger partial charge in [-0.3, -0.25) is 9.59 Å². The van der Waals surface area contributed by atoms with Crippen LogP contribution < -0.4 is 5.32 Å². The number of fused-ring (bicyclic) bond motifs is 1. The molecule has 0 fully saturated rings. The number of benzene rings is 1. The summed E-state index contributed by atoms with van der Waals surface area (Å²) >= 11 is 0. The van der Waals surface area contributed by atoms with E-state index in [4.69, 9.17) is 4.74 Å². The molecule has 2 aliphatic rings. The van der Waals surface area contributed by atoms with Crippen LogP contribution in [0.2, 0.25) is 0 Å². The Kier molecular flexibility index (Phi) is 7.64. The summed E-state index contributed by atoms with van der Waals surface area (Å²) < 4.78 is 5.44. The van der Waals surface area contributed by atoms with E-state index in [1.807, 2.05) is 57.3 Å². The van der Waals surface area contributed by atoms with Crippen molar-refractivity contribution < 1.29 is 24.2 Å². The van der Waals surface area contributed by atoms with Crippen LogP contribution in [0.5, 0.6) is 0 Å². The van der Waals surface area contributed by atoms with E-state index in [1.165, 1.54) is 0 Å². The van der Waals surface area contributed by atoms with Crippen molar-refractivity contribution in [2.45, 2.75) is 53.1 Å². The van der Waals surface area contributed by atoms with Gasteiger partial charge in [0, 0.05) is 36.4 Å². The highest BCUT2D eigenvalue weighted by molar-refractivity contribution is 5.97. The fourth-order valence-corrected chi connectivity index (χ4v) is 4.24. The van der Waals surface area contributed by atoms with Crippen LogP contribution in [-0.4, -0.2) is 46.5 Å². The lowest BCUT2D eigenvalue weighted by Crippen LogP contribution is -2.38. The maximum absolute atomic E-state index is 12.7. The number of hydrogen-bond acceptors (Lipinski definition) is 5. The number of nitrogens with zero attached hydrogens (tertiary/aromatic N) is 1. The van der Waals surface area contributed by atoms with Crippen LogP contribution in [0, 0.1) is 11.8 Å². The van der Waals surface area contributed by atoms with Crippen molar-refractivity contribution in [3.05, 3.63) is 65.0 Å². The average Bonchev–Trinajstić information content (AvgIpc) is 2.71. The van der Waals surface area contributed by atoms with Gasteiger partial charge in [0.2, 0.25) is 0 Å². The number of rotatable bonds is 7. The highest BCUT2D eigenvalue weighted by Gasteiger charge is 2.34. The quantitative estimate of drug-likeness (QED) is 0.601. The van der Waals surface area contributed by atoms with Gasteiger partial charge in [-0.2, -0.15) is 0 Å². The van der Waals surface area contributed by atoms with Crippen LogP contribution in [0.1, 0.15) is 53.0 Å². The van der Waals surface area contributed by atoms with E-state index in [0.29, 0.717) is 12.5 Å².